The van der Waals surface area contributed by atoms with E-state index in [0.29, 0.717) is 0 Å². The van der Waals surface area contributed by atoms with Gasteiger partial charge in [0.2, 0.25) is 0 Å². The third-order valence-electron chi connectivity index (χ3n) is 3.81. The summed E-state index contributed by atoms with van der Waals surface area (Å²) in [7, 11) is 0. The molecule has 1 aliphatic carbocycles. The molecule has 0 amide bonds. The Morgan fingerprint density at radius 2 is 1.94 bits per heavy atom. The van der Waals surface area contributed by atoms with Crippen LogP contribution in [0.1, 0.15) is 43.7 Å². The molecule has 94 valence electrons. The third-order valence-corrected chi connectivity index (χ3v) is 3.81. The van der Waals surface area contributed by atoms with Crippen LogP contribution in [0.15, 0.2) is 30.3 Å². The van der Waals surface area contributed by atoms with Gasteiger partial charge in [-0.05, 0) is 37.4 Å². The average molecular weight is 232 g/mol. The SMILES string of the molecule is NC(CCNCCC1CCC1)c1ccccc1. The first-order valence-electron chi connectivity index (χ1n) is 6.87. The molecule has 0 heterocycles. The van der Waals surface area contributed by atoms with Gasteiger partial charge in [-0.15, -0.1) is 0 Å². The lowest BCUT2D eigenvalue weighted by Gasteiger charge is -2.25. The van der Waals surface area contributed by atoms with Crippen molar-refractivity contribution in [2.45, 2.75) is 38.1 Å². The minimum Gasteiger partial charge on any atom is -0.324 e. The molecule has 3 N–H and O–H groups in total. The van der Waals surface area contributed by atoms with Crippen LogP contribution >= 0.6 is 0 Å². The highest BCUT2D eigenvalue weighted by Crippen LogP contribution is 2.28. The fraction of sp³-hybridized carbons (Fsp3) is 0.600. The van der Waals surface area contributed by atoms with Crippen LogP contribution in [0.25, 0.3) is 0 Å². The van der Waals surface area contributed by atoms with Crippen LogP contribution in [0.4, 0.5) is 0 Å². The van der Waals surface area contributed by atoms with Crippen molar-refractivity contribution in [1.29, 1.82) is 0 Å². The molecule has 1 saturated carbocycles. The molecule has 1 unspecified atom stereocenters. The first kappa shape index (κ1) is 12.6. The Balaban J connectivity index is 1.55. The molecule has 0 aromatic heterocycles. The summed E-state index contributed by atoms with van der Waals surface area (Å²) in [4.78, 5) is 0. The zero-order valence-electron chi connectivity index (χ0n) is 10.6. The van der Waals surface area contributed by atoms with Crippen LogP contribution in [0.2, 0.25) is 0 Å². The van der Waals surface area contributed by atoms with Gasteiger partial charge < -0.3 is 11.1 Å². The largest absolute Gasteiger partial charge is 0.324 e. The monoisotopic (exact) mass is 232 g/mol. The van der Waals surface area contributed by atoms with Crippen molar-refractivity contribution >= 4 is 0 Å². The summed E-state index contributed by atoms with van der Waals surface area (Å²) >= 11 is 0. The maximum Gasteiger partial charge on any atom is 0.0306 e. The Labute approximate surface area is 105 Å². The van der Waals surface area contributed by atoms with Crippen molar-refractivity contribution in [2.75, 3.05) is 13.1 Å². The second kappa shape index (κ2) is 6.77. The summed E-state index contributed by atoms with van der Waals surface area (Å²) in [5.41, 5.74) is 7.38. The average Bonchev–Trinajstić information content (AvgIpc) is 2.32. The maximum absolute atomic E-state index is 6.13. The Morgan fingerprint density at radius 1 is 1.18 bits per heavy atom. The quantitative estimate of drug-likeness (QED) is 0.709. The lowest BCUT2D eigenvalue weighted by molar-refractivity contribution is 0.292. The molecule has 1 aliphatic rings. The zero-order valence-corrected chi connectivity index (χ0v) is 10.6. The third kappa shape index (κ3) is 4.14. The molecule has 17 heavy (non-hydrogen) atoms. The molecular formula is C15H24N2. The van der Waals surface area contributed by atoms with E-state index in [1.807, 2.05) is 6.07 Å². The minimum atomic E-state index is 0.174. The van der Waals surface area contributed by atoms with Gasteiger partial charge in [0.25, 0.3) is 0 Å². The van der Waals surface area contributed by atoms with Crippen LogP contribution in [0, 0.1) is 5.92 Å². The minimum absolute atomic E-state index is 0.174. The molecule has 0 bridgehead atoms. The lowest BCUT2D eigenvalue weighted by atomic mass is 9.83. The van der Waals surface area contributed by atoms with Crippen LogP contribution < -0.4 is 11.1 Å². The highest BCUT2D eigenvalue weighted by molar-refractivity contribution is 5.18. The van der Waals surface area contributed by atoms with Crippen molar-refractivity contribution in [2.24, 2.45) is 11.7 Å². The lowest BCUT2D eigenvalue weighted by Crippen LogP contribution is -2.24. The van der Waals surface area contributed by atoms with Crippen molar-refractivity contribution in [1.82, 2.24) is 5.32 Å². The fourth-order valence-corrected chi connectivity index (χ4v) is 2.34. The van der Waals surface area contributed by atoms with Gasteiger partial charge in [-0.1, -0.05) is 49.6 Å². The Bertz CT molecular complexity index is 306. The predicted molar refractivity (Wildman–Crippen MR) is 72.8 cm³/mol. The number of nitrogens with one attached hydrogen (secondary N) is 1. The van der Waals surface area contributed by atoms with E-state index in [2.05, 4.69) is 29.6 Å². The summed E-state index contributed by atoms with van der Waals surface area (Å²) in [6.45, 7) is 2.19. The van der Waals surface area contributed by atoms with Crippen LogP contribution in [0.3, 0.4) is 0 Å². The topological polar surface area (TPSA) is 38.0 Å². The molecule has 1 aromatic rings. The van der Waals surface area contributed by atoms with Gasteiger partial charge in [-0.2, -0.15) is 0 Å². The molecule has 0 aliphatic heterocycles. The summed E-state index contributed by atoms with van der Waals surface area (Å²) in [5.74, 6) is 1.00. The van der Waals surface area contributed by atoms with Crippen LogP contribution in [0.5, 0.6) is 0 Å². The van der Waals surface area contributed by atoms with E-state index >= 15 is 0 Å². The summed E-state index contributed by atoms with van der Waals surface area (Å²) < 4.78 is 0. The second-order valence-electron chi connectivity index (χ2n) is 5.14. The van der Waals surface area contributed by atoms with Gasteiger partial charge in [-0.3, -0.25) is 0 Å². The normalized spacial score (nSPS) is 17.7. The maximum atomic E-state index is 6.13. The molecule has 0 saturated heterocycles. The van der Waals surface area contributed by atoms with Crippen molar-refractivity contribution in [3.05, 3.63) is 35.9 Å². The number of rotatable bonds is 7. The number of hydrogen-bond acceptors (Lipinski definition) is 2. The van der Waals surface area contributed by atoms with E-state index in [-0.39, 0.29) is 6.04 Å². The van der Waals surface area contributed by atoms with E-state index in [1.165, 1.54) is 31.2 Å². The number of benzene rings is 1. The number of nitrogens with two attached hydrogens (primary N) is 1. The Morgan fingerprint density at radius 3 is 2.59 bits per heavy atom. The molecule has 0 spiro atoms. The first-order chi connectivity index (χ1) is 8.36. The van der Waals surface area contributed by atoms with E-state index in [9.17, 15) is 0 Å². The van der Waals surface area contributed by atoms with E-state index in [1.54, 1.807) is 0 Å². The van der Waals surface area contributed by atoms with Gasteiger partial charge in [0.1, 0.15) is 0 Å². The van der Waals surface area contributed by atoms with Gasteiger partial charge in [0.15, 0.2) is 0 Å². The van der Waals surface area contributed by atoms with Gasteiger partial charge in [0.05, 0.1) is 0 Å². The van der Waals surface area contributed by atoms with E-state index in [0.717, 1.165) is 25.4 Å². The summed E-state index contributed by atoms with van der Waals surface area (Å²) in [5, 5.41) is 3.51. The molecule has 1 fully saturated rings. The molecule has 2 nitrogen and oxygen atoms in total. The van der Waals surface area contributed by atoms with Crippen molar-refractivity contribution in [3.63, 3.8) is 0 Å². The van der Waals surface area contributed by atoms with E-state index in [4.69, 9.17) is 5.73 Å². The summed E-state index contributed by atoms with van der Waals surface area (Å²) in [6, 6.07) is 10.5. The van der Waals surface area contributed by atoms with Gasteiger partial charge in [0, 0.05) is 6.04 Å². The zero-order chi connectivity index (χ0) is 11.9. The van der Waals surface area contributed by atoms with Gasteiger partial charge in [-0.25, -0.2) is 0 Å². The molecular weight excluding hydrogens is 208 g/mol. The highest BCUT2D eigenvalue weighted by atomic mass is 14.9. The van der Waals surface area contributed by atoms with Crippen LogP contribution in [-0.4, -0.2) is 13.1 Å². The molecule has 2 heteroatoms. The van der Waals surface area contributed by atoms with Crippen LogP contribution in [-0.2, 0) is 0 Å². The smallest absolute Gasteiger partial charge is 0.0306 e. The molecule has 0 radical (unpaired) electrons. The highest BCUT2D eigenvalue weighted by Gasteiger charge is 2.16. The van der Waals surface area contributed by atoms with E-state index < -0.39 is 0 Å². The van der Waals surface area contributed by atoms with Gasteiger partial charge >= 0.3 is 0 Å². The second-order valence-corrected chi connectivity index (χ2v) is 5.14. The van der Waals surface area contributed by atoms with Crippen molar-refractivity contribution < 1.29 is 0 Å². The van der Waals surface area contributed by atoms with Crippen molar-refractivity contribution in [3.8, 4) is 0 Å². The molecule has 1 atom stereocenters. The molecule has 1 aromatic carbocycles. The first-order valence-corrected chi connectivity index (χ1v) is 6.87. The Hall–Kier alpha value is -0.860. The standard InChI is InChI=1S/C15H24N2/c16-15(14-7-2-1-3-8-14)10-12-17-11-9-13-5-4-6-13/h1-3,7-8,13,15,17H,4-6,9-12,16H2. The molecule has 2 rings (SSSR count). The number of hydrogen-bond donors (Lipinski definition) is 2. The Kier molecular flexibility index (Phi) is 5.02. The fourth-order valence-electron chi connectivity index (χ4n) is 2.34. The summed E-state index contributed by atoms with van der Waals surface area (Å²) in [6.07, 6.45) is 6.72. The predicted octanol–water partition coefficient (Wildman–Crippen LogP) is 2.86.